The topological polar surface area (TPSA) is 48.5 Å². The molecule has 4 heterocycles. The van der Waals surface area contributed by atoms with E-state index in [1.165, 1.54) is 0 Å². The van der Waals surface area contributed by atoms with Crippen LogP contribution in [0.4, 0.5) is 0 Å². The number of aromatic nitrogens is 5. The van der Waals surface area contributed by atoms with Gasteiger partial charge in [-0.2, -0.15) is 0 Å². The average Bonchev–Trinajstić information content (AvgIpc) is 3.76. The molecule has 0 unspecified atom stereocenters. The Morgan fingerprint density at radius 2 is 1.23 bits per heavy atom. The molecule has 5 aromatic carbocycles. The summed E-state index contributed by atoms with van der Waals surface area (Å²) in [4.78, 5) is 14.0. The monoisotopic (exact) mass is 577 g/mol. The Morgan fingerprint density at radius 3 is 2.05 bits per heavy atom. The van der Waals surface area contributed by atoms with Gasteiger partial charge in [0, 0.05) is 44.9 Å². The lowest BCUT2D eigenvalue weighted by molar-refractivity contribution is 1.04. The molecule has 0 aliphatic heterocycles. The van der Waals surface area contributed by atoms with E-state index in [2.05, 4.69) is 9.97 Å². The number of fused-ring (bicyclic) bond motifs is 6. The fourth-order valence-corrected chi connectivity index (χ4v) is 5.64. The molecule has 9 rings (SSSR count). The lowest BCUT2D eigenvalue weighted by atomic mass is 10.1. The molecule has 206 valence electrons. The highest BCUT2D eigenvalue weighted by atomic mass is 15.1. The van der Waals surface area contributed by atoms with E-state index < -0.39 is 102 Å². The van der Waals surface area contributed by atoms with E-state index >= 15 is 0 Å². The molecule has 0 aliphatic rings. The summed E-state index contributed by atoms with van der Waals surface area (Å²) in [7, 11) is 0. The first-order valence-corrected chi connectivity index (χ1v) is 13.6. The molecule has 0 aliphatic carbocycles. The van der Waals surface area contributed by atoms with Gasteiger partial charge in [-0.05, 0) is 36.4 Å². The summed E-state index contributed by atoms with van der Waals surface area (Å²) in [6.45, 7) is 0. The maximum absolute atomic E-state index is 9.83. The molecule has 0 saturated carbocycles. The van der Waals surface area contributed by atoms with Gasteiger partial charge in [0.25, 0.3) is 0 Å². The number of rotatable bonds is 4. The van der Waals surface area contributed by atoms with Crippen LogP contribution in [0.5, 0.6) is 0 Å². The second-order valence-corrected chi connectivity index (χ2v) is 9.87. The molecule has 0 saturated heterocycles. The summed E-state index contributed by atoms with van der Waals surface area (Å²) in [5.74, 6) is -0.901. The van der Waals surface area contributed by atoms with Crippen molar-refractivity contribution >= 4 is 43.7 Å². The van der Waals surface area contributed by atoms with Gasteiger partial charge in [-0.1, -0.05) is 103 Å². The summed E-state index contributed by atoms with van der Waals surface area (Å²) in [6.07, 6.45) is 1.64. The summed E-state index contributed by atoms with van der Waals surface area (Å²) >= 11 is 0. The van der Waals surface area contributed by atoms with Crippen LogP contribution < -0.4 is 0 Å². The smallest absolute Gasteiger partial charge is 0.162 e. The van der Waals surface area contributed by atoms with Crippen LogP contribution in [0.2, 0.25) is 0 Å². The molecule has 4 aromatic heterocycles. The molecule has 9 aromatic rings. The van der Waals surface area contributed by atoms with Crippen LogP contribution in [-0.4, -0.2) is 24.1 Å². The number of nitrogens with zero attached hydrogens (tertiary/aromatic N) is 5. The highest BCUT2D eigenvalue weighted by Crippen LogP contribution is 2.37. The minimum absolute atomic E-state index is 0.138. The van der Waals surface area contributed by atoms with E-state index in [9.17, 15) is 1.37 Å². The molecule has 0 amide bonds. The van der Waals surface area contributed by atoms with Gasteiger partial charge in [0.2, 0.25) is 0 Å². The summed E-state index contributed by atoms with van der Waals surface area (Å²) < 4.78 is 126. The predicted octanol–water partition coefficient (Wildman–Crippen LogP) is 9.40. The largest absolute Gasteiger partial charge is 0.294 e. The first-order valence-electron chi connectivity index (χ1n) is 20.6. The Balaban J connectivity index is 1.51. The maximum atomic E-state index is 9.83. The van der Waals surface area contributed by atoms with Gasteiger partial charge in [0.1, 0.15) is 11.5 Å². The molecule has 0 atom stereocenters. The lowest BCUT2D eigenvalue weighted by Crippen LogP contribution is -2.04. The zero-order valence-electron chi connectivity index (χ0n) is 36.6. The molecule has 0 fully saturated rings. The second kappa shape index (κ2) is 9.75. The van der Waals surface area contributed by atoms with Crippen LogP contribution in [0.15, 0.2) is 151 Å². The van der Waals surface area contributed by atoms with E-state index in [-0.39, 0.29) is 27.5 Å². The zero-order chi connectivity index (χ0) is 41.2. The number of hydrogen-bond acceptors (Lipinski definition) is 3. The Kier molecular flexibility index (Phi) is 3.19. The Labute approximate surface area is 273 Å². The summed E-state index contributed by atoms with van der Waals surface area (Å²) in [5.41, 5.74) is 0.874. The minimum atomic E-state index is -0.687. The van der Waals surface area contributed by atoms with Crippen molar-refractivity contribution in [3.63, 3.8) is 0 Å². The third kappa shape index (κ3) is 3.69. The predicted molar refractivity (Wildman–Crippen MR) is 179 cm³/mol. The highest BCUT2D eigenvalue weighted by molar-refractivity contribution is 6.10. The number of benzene rings is 5. The van der Waals surface area contributed by atoms with E-state index in [0.29, 0.717) is 16.9 Å². The third-order valence-corrected chi connectivity index (χ3v) is 7.46. The third-order valence-electron chi connectivity index (χ3n) is 7.46. The van der Waals surface area contributed by atoms with Crippen molar-refractivity contribution in [1.82, 2.24) is 24.1 Å². The molecule has 0 bridgehead atoms. The first kappa shape index (κ1) is 14.4. The van der Waals surface area contributed by atoms with Gasteiger partial charge < -0.3 is 0 Å². The van der Waals surface area contributed by atoms with Gasteiger partial charge in [-0.15, -0.1) is 0 Å². The van der Waals surface area contributed by atoms with Crippen LogP contribution in [-0.2, 0) is 0 Å². The second-order valence-electron chi connectivity index (χ2n) is 9.87. The molecule has 0 radical (unpaired) electrons. The summed E-state index contributed by atoms with van der Waals surface area (Å²) in [5, 5.41) is 1.20. The minimum Gasteiger partial charge on any atom is -0.294 e. The molecule has 0 spiro atoms. The van der Waals surface area contributed by atoms with Crippen molar-refractivity contribution < 1.29 is 19.2 Å². The lowest BCUT2D eigenvalue weighted by Gasteiger charge is -2.15. The van der Waals surface area contributed by atoms with E-state index in [1.54, 1.807) is 30.5 Å². The Hall–Kier alpha value is -6.07. The quantitative estimate of drug-likeness (QED) is 0.209. The number of hydrogen-bond donors (Lipinski definition) is 0. The van der Waals surface area contributed by atoms with Gasteiger partial charge in [-0.3, -0.25) is 9.13 Å². The Morgan fingerprint density at radius 1 is 0.545 bits per heavy atom. The zero-order valence-corrected chi connectivity index (χ0v) is 22.6. The number of pyridine rings is 1. The van der Waals surface area contributed by atoms with E-state index in [1.807, 2.05) is 41.0 Å². The molecule has 5 nitrogen and oxygen atoms in total. The molecular weight excluding hydrogens is 538 g/mol. The van der Waals surface area contributed by atoms with Crippen LogP contribution >= 0.6 is 0 Å². The van der Waals surface area contributed by atoms with Crippen molar-refractivity contribution in [2.75, 3.05) is 0 Å². The van der Waals surface area contributed by atoms with E-state index in [4.69, 9.17) is 22.8 Å². The van der Waals surface area contributed by atoms with Gasteiger partial charge in [0.05, 0.1) is 47.1 Å². The fraction of sp³-hybridized carbons (Fsp3) is 0. The van der Waals surface area contributed by atoms with Crippen molar-refractivity contribution in [1.29, 1.82) is 0 Å². The van der Waals surface area contributed by atoms with Crippen molar-refractivity contribution in [3.8, 4) is 34.2 Å². The summed E-state index contributed by atoms with van der Waals surface area (Å²) in [6, 6.07) is 9.24. The maximum Gasteiger partial charge on any atom is 0.162 e. The highest BCUT2D eigenvalue weighted by Gasteiger charge is 2.20. The van der Waals surface area contributed by atoms with Crippen molar-refractivity contribution in [2.24, 2.45) is 0 Å². The van der Waals surface area contributed by atoms with E-state index in [0.717, 1.165) is 20.9 Å². The van der Waals surface area contributed by atoms with Crippen molar-refractivity contribution in [2.45, 2.75) is 0 Å². The molecule has 5 heteroatoms. The van der Waals surface area contributed by atoms with Crippen molar-refractivity contribution in [3.05, 3.63) is 151 Å². The SMILES string of the molecule is [2H]c1c(-c2ccccc2-n2c3ccccc3c3cccnc32)nc(-c2c([2H])c([2H])c([2H])c([2H])c2[2H])nc1-n1c2c([2H])c([2H])c([2H])c([2H])c2c2c([2H])c([2H])c([2H])c([2H])c21. The van der Waals surface area contributed by atoms with Crippen LogP contribution in [0.1, 0.15) is 19.2 Å². The average molecular weight is 578 g/mol. The van der Waals surface area contributed by atoms with Gasteiger partial charge in [0.15, 0.2) is 5.82 Å². The van der Waals surface area contributed by atoms with Crippen LogP contribution in [0.25, 0.3) is 77.9 Å². The normalized spacial score (nSPS) is 16.1. The number of para-hydroxylation sites is 4. The van der Waals surface area contributed by atoms with Gasteiger partial charge >= 0.3 is 0 Å². The van der Waals surface area contributed by atoms with Crippen LogP contribution in [0.3, 0.4) is 0 Å². The van der Waals surface area contributed by atoms with Gasteiger partial charge in [-0.25, -0.2) is 15.0 Å². The molecule has 0 N–H and O–H groups in total. The van der Waals surface area contributed by atoms with Crippen LogP contribution in [0, 0.1) is 0 Å². The Bertz CT molecular complexity index is 3140. The first-order chi connectivity index (χ1) is 27.7. The fourth-order valence-electron chi connectivity index (χ4n) is 5.64. The molecule has 44 heavy (non-hydrogen) atoms. The molecular formula is C39H25N5. The standard InChI is InChI=1S/C39H25N5/c1-2-13-26(14-3-1)38-41-32(25-37(42-38)43-33-20-8-4-15-27(33)28-16-5-9-21-34(28)43)31-18-7-11-23-36(31)44-35-22-10-6-17-29(35)30-19-12-24-40-39(30)44/h1-25H/i1D,2D,3D,4D,5D,8D,9D,13D,14D,15D,16D,20D,21D,25D.